The number of carbonyl (C=O) groups excluding carboxylic acids is 5. The number of aromatic hydroxyl groups is 2. The fourth-order valence-electron chi connectivity index (χ4n) is 7.50. The van der Waals surface area contributed by atoms with Crippen molar-refractivity contribution in [1.82, 2.24) is 10.6 Å². The molecule has 0 saturated heterocycles. The largest absolute Gasteiger partial charge is 0.506 e. The predicted molar refractivity (Wildman–Crippen MR) is 293 cm³/mol. The van der Waals surface area contributed by atoms with Crippen molar-refractivity contribution < 1.29 is 34.2 Å². The Bertz CT molecular complexity index is 3680. The lowest BCUT2D eigenvalue weighted by Crippen LogP contribution is -2.34. The molecule has 0 aromatic heterocycles. The molecule has 72 heavy (non-hydrogen) atoms. The van der Waals surface area contributed by atoms with E-state index in [-0.39, 0.29) is 39.8 Å². The molecule has 17 heteroatoms. The molecule has 9 rings (SSSR count). The molecule has 0 aliphatic heterocycles. The molecular weight excluding hydrogens is 1140 g/mol. The summed E-state index contributed by atoms with van der Waals surface area (Å²) < 4.78 is 1.86. The van der Waals surface area contributed by atoms with Gasteiger partial charge >= 0.3 is 12.1 Å². The summed E-state index contributed by atoms with van der Waals surface area (Å²) in [5.74, 6) is -1.63. The van der Waals surface area contributed by atoms with Gasteiger partial charge in [-0.3, -0.25) is 25.0 Å². The summed E-state index contributed by atoms with van der Waals surface area (Å²) in [6.45, 7) is 0. The zero-order chi connectivity index (χ0) is 50.3. The van der Waals surface area contributed by atoms with E-state index < -0.39 is 23.9 Å². The Balaban J connectivity index is 0.807. The summed E-state index contributed by atoms with van der Waals surface area (Å²) >= 11 is 4.25. The van der Waals surface area contributed by atoms with Crippen LogP contribution in [0.4, 0.5) is 43.7 Å². The molecule has 6 amide bonds. The number of phenols is 2. The van der Waals surface area contributed by atoms with Gasteiger partial charge < -0.3 is 20.8 Å². The number of fused-ring (bicyclic) bond motifs is 2. The van der Waals surface area contributed by atoms with Crippen molar-refractivity contribution in [2.75, 3.05) is 10.6 Å². The van der Waals surface area contributed by atoms with Crippen molar-refractivity contribution in [1.29, 1.82) is 0 Å². The van der Waals surface area contributed by atoms with E-state index in [9.17, 15) is 34.2 Å². The molecule has 15 nitrogen and oxygen atoms in total. The molecule has 0 radical (unpaired) electrons. The van der Waals surface area contributed by atoms with Crippen molar-refractivity contribution >= 4 is 131 Å². The van der Waals surface area contributed by atoms with Gasteiger partial charge in [-0.1, -0.05) is 72.8 Å². The first kappa shape index (κ1) is 48.3. The number of amides is 6. The van der Waals surface area contributed by atoms with E-state index in [4.69, 9.17) is 0 Å². The summed E-state index contributed by atoms with van der Waals surface area (Å²) in [5.41, 5.74) is 5.56. The number of benzene rings is 9. The first-order chi connectivity index (χ1) is 34.8. The monoisotopic (exact) mass is 1170 g/mol. The van der Waals surface area contributed by atoms with Crippen LogP contribution in [-0.4, -0.2) is 39.9 Å². The molecule has 6 N–H and O–H groups in total. The Morgan fingerprint density at radius 3 is 1.22 bits per heavy atom. The van der Waals surface area contributed by atoms with Gasteiger partial charge in [0.1, 0.15) is 22.9 Å². The standard InChI is InChI=1S/C55H36I2N8O7/c56-39-3-1-5-43(29-39)58-54(71)60-52(69)37-15-23-45-35(27-37)17-25-47(66)49(45)64-62-41-19-11-32(12-20-41)31-7-9-33(10-8-31)51(68)34-13-21-42(22-14-34)63-65-50-46-24-16-38(28-36(46)18-26-48(50)67)53(70)61-55(72)59-44-6-2-4-40(57)30-44/h1-30,66-67H,(H2,58,60,69,71)(H2,59,61,70,72). The van der Waals surface area contributed by atoms with Gasteiger partial charge in [0.25, 0.3) is 11.8 Å². The average molecular weight is 1170 g/mol. The number of nitrogens with zero attached hydrogens (tertiary/aromatic N) is 4. The number of nitrogens with one attached hydrogen (secondary N) is 4. The molecule has 9 aromatic carbocycles. The van der Waals surface area contributed by atoms with Crippen LogP contribution in [0.5, 0.6) is 11.5 Å². The van der Waals surface area contributed by atoms with Crippen LogP contribution >= 0.6 is 45.2 Å². The number of ketones is 1. The summed E-state index contributed by atoms with van der Waals surface area (Å²) in [6, 6.07) is 49.7. The summed E-state index contributed by atoms with van der Waals surface area (Å²) in [4.78, 5) is 64.3. The lowest BCUT2D eigenvalue weighted by atomic mass is 9.99. The molecule has 0 bridgehead atoms. The smallest absolute Gasteiger partial charge is 0.326 e. The van der Waals surface area contributed by atoms with E-state index in [0.29, 0.717) is 55.4 Å². The molecule has 352 valence electrons. The minimum atomic E-state index is -0.676. The second kappa shape index (κ2) is 21.5. The van der Waals surface area contributed by atoms with Gasteiger partial charge in [-0.25, -0.2) is 9.59 Å². The van der Waals surface area contributed by atoms with Crippen molar-refractivity contribution in [3.63, 3.8) is 0 Å². The Morgan fingerprint density at radius 1 is 0.403 bits per heavy atom. The van der Waals surface area contributed by atoms with E-state index in [1.54, 1.807) is 121 Å². The molecule has 0 saturated carbocycles. The highest BCUT2D eigenvalue weighted by Gasteiger charge is 2.17. The highest BCUT2D eigenvalue weighted by atomic mass is 127. The maximum Gasteiger partial charge on any atom is 0.326 e. The normalized spacial score (nSPS) is 11.2. The minimum absolute atomic E-state index is 0.101. The fourth-order valence-corrected chi connectivity index (χ4v) is 8.59. The molecule has 0 fully saturated rings. The number of halogens is 2. The van der Waals surface area contributed by atoms with Crippen molar-refractivity contribution in [3.05, 3.63) is 211 Å². The molecule has 0 aliphatic rings. The first-order valence-electron chi connectivity index (χ1n) is 21.8. The lowest BCUT2D eigenvalue weighted by Gasteiger charge is -2.09. The second-order valence-corrected chi connectivity index (χ2v) is 18.5. The third-order valence-electron chi connectivity index (χ3n) is 11.1. The second-order valence-electron chi connectivity index (χ2n) is 16.0. The predicted octanol–water partition coefficient (Wildman–Crippen LogP) is 14.3. The van der Waals surface area contributed by atoms with Crippen molar-refractivity contribution in [2.24, 2.45) is 20.5 Å². The number of imide groups is 2. The number of azo groups is 2. The topological polar surface area (TPSA) is 223 Å². The van der Waals surface area contributed by atoms with E-state index in [0.717, 1.165) is 18.3 Å². The lowest BCUT2D eigenvalue weighted by molar-refractivity contribution is 0.0957. The Labute approximate surface area is 437 Å². The molecule has 0 atom stereocenters. The van der Waals surface area contributed by atoms with Crippen LogP contribution in [0, 0.1) is 7.14 Å². The number of urea groups is 2. The van der Waals surface area contributed by atoms with Crippen LogP contribution < -0.4 is 21.3 Å². The summed E-state index contributed by atoms with van der Waals surface area (Å²) in [5, 5.41) is 50.9. The van der Waals surface area contributed by atoms with Crippen LogP contribution in [0.2, 0.25) is 0 Å². The van der Waals surface area contributed by atoms with Crippen LogP contribution in [0.1, 0.15) is 36.6 Å². The van der Waals surface area contributed by atoms with Crippen molar-refractivity contribution in [3.8, 4) is 22.6 Å². The van der Waals surface area contributed by atoms with Crippen LogP contribution in [0.25, 0.3) is 32.7 Å². The maximum absolute atomic E-state index is 13.5. The zero-order valence-corrected chi connectivity index (χ0v) is 41.6. The number of rotatable bonds is 11. The summed E-state index contributed by atoms with van der Waals surface area (Å²) in [7, 11) is 0. The highest BCUT2D eigenvalue weighted by Crippen LogP contribution is 2.38. The van der Waals surface area contributed by atoms with Gasteiger partial charge in [0.05, 0.1) is 11.4 Å². The van der Waals surface area contributed by atoms with Gasteiger partial charge in [-0.2, -0.15) is 10.2 Å². The molecule has 0 aliphatic carbocycles. The molecule has 0 heterocycles. The van der Waals surface area contributed by atoms with E-state index in [1.807, 2.05) is 36.4 Å². The maximum atomic E-state index is 13.5. The van der Waals surface area contributed by atoms with Gasteiger partial charge in [-0.15, -0.1) is 10.2 Å². The average Bonchev–Trinajstić information content (AvgIpc) is 3.38. The van der Waals surface area contributed by atoms with Crippen LogP contribution in [-0.2, 0) is 0 Å². The van der Waals surface area contributed by atoms with E-state index in [1.165, 1.54) is 24.3 Å². The SMILES string of the molecule is O=C(NC(=O)c1ccc2c(N=Nc3ccc(C(=O)c4ccc(-c5ccc(N=Nc6c(O)ccc7cc(C(=O)NC(=O)Nc8cccc(I)c8)ccc67)cc5)cc4)cc3)c(O)ccc2c1)Nc1cccc(I)c1. The molecule has 0 spiro atoms. The number of hydrogen-bond donors (Lipinski definition) is 6. The van der Waals surface area contributed by atoms with Gasteiger partial charge in [-0.05, 0) is 176 Å². The molecule has 0 unspecified atom stereocenters. The van der Waals surface area contributed by atoms with E-state index >= 15 is 0 Å². The van der Waals surface area contributed by atoms with Crippen LogP contribution in [0.3, 0.4) is 0 Å². The Morgan fingerprint density at radius 2 is 0.792 bits per heavy atom. The highest BCUT2D eigenvalue weighted by molar-refractivity contribution is 14.1. The number of anilines is 2. The van der Waals surface area contributed by atoms with Crippen LogP contribution in [0.15, 0.2) is 202 Å². The van der Waals surface area contributed by atoms with Crippen molar-refractivity contribution in [2.45, 2.75) is 0 Å². The first-order valence-corrected chi connectivity index (χ1v) is 24.0. The fraction of sp³-hybridized carbons (Fsp3) is 0. The van der Waals surface area contributed by atoms with Gasteiger partial charge in [0, 0.05) is 51.5 Å². The zero-order valence-electron chi connectivity index (χ0n) is 37.3. The van der Waals surface area contributed by atoms with E-state index in [2.05, 4.69) is 86.9 Å². The summed E-state index contributed by atoms with van der Waals surface area (Å²) in [6.07, 6.45) is 0. The molecule has 9 aromatic rings. The Kier molecular flexibility index (Phi) is 14.5. The number of phenolic OH excluding ortho intramolecular Hbond substituents is 2. The Hall–Kier alpha value is -8.69. The third kappa shape index (κ3) is 11.5. The number of carbonyl (C=O) groups is 5. The quantitative estimate of drug-likeness (QED) is 0.0417. The number of hydrogen-bond acceptors (Lipinski definition) is 11. The minimum Gasteiger partial charge on any atom is -0.506 e. The molecular formula is C55H36I2N8O7. The van der Waals surface area contributed by atoms with Gasteiger partial charge in [0.15, 0.2) is 5.78 Å². The third-order valence-corrected chi connectivity index (χ3v) is 12.4. The van der Waals surface area contributed by atoms with Gasteiger partial charge in [0.2, 0.25) is 0 Å².